The van der Waals surface area contributed by atoms with Gasteiger partial charge in [0.15, 0.2) is 0 Å². The van der Waals surface area contributed by atoms with Crippen LogP contribution in [0.5, 0.6) is 0 Å². The molecule has 0 fully saturated rings. The second kappa shape index (κ2) is 9.92. The van der Waals surface area contributed by atoms with Crippen molar-refractivity contribution in [1.29, 1.82) is 0 Å². The summed E-state index contributed by atoms with van der Waals surface area (Å²) in [5.74, 6) is 0. The molecule has 2 N–H and O–H groups in total. The Hall–Kier alpha value is -0.940. The highest BCUT2D eigenvalue weighted by molar-refractivity contribution is 5.13. The van der Waals surface area contributed by atoms with E-state index in [1.807, 2.05) is 30.3 Å². The Balaban J connectivity index is 2.20. The largest absolute Gasteiger partial charge is 0.395 e. The minimum Gasteiger partial charge on any atom is -0.395 e. The average Bonchev–Trinajstić information content (AvgIpc) is 2.40. The molecule has 4 heteroatoms. The van der Waals surface area contributed by atoms with E-state index in [4.69, 9.17) is 9.84 Å². The lowest BCUT2D eigenvalue weighted by atomic mass is 10.2. The van der Waals surface area contributed by atoms with E-state index in [1.54, 1.807) is 0 Å². The van der Waals surface area contributed by atoms with Gasteiger partial charge in [0, 0.05) is 13.1 Å². The predicted octanol–water partition coefficient (Wildman–Crippen LogP) is 1.27. The molecule has 1 rings (SSSR count). The van der Waals surface area contributed by atoms with Crippen LogP contribution in [-0.4, -0.2) is 54.1 Å². The Morgan fingerprint density at radius 3 is 2.58 bits per heavy atom. The molecule has 108 valence electrons. The third-order valence-electron chi connectivity index (χ3n) is 2.85. The Morgan fingerprint density at radius 1 is 1.21 bits per heavy atom. The average molecular weight is 267 g/mol. The molecule has 1 aromatic rings. The molecule has 0 radical (unpaired) electrons. The van der Waals surface area contributed by atoms with E-state index in [1.165, 1.54) is 0 Å². The summed E-state index contributed by atoms with van der Waals surface area (Å²) in [4.78, 5) is 2.05. The second-order valence-electron chi connectivity index (χ2n) is 4.68. The first-order valence-electron chi connectivity index (χ1n) is 6.89. The number of nitrogens with zero attached hydrogens (tertiary/aromatic N) is 1. The first kappa shape index (κ1) is 16.1. The Labute approximate surface area is 115 Å². The fourth-order valence-electron chi connectivity index (χ4n) is 1.99. The number of ether oxygens (including phenoxy) is 1. The molecule has 4 nitrogen and oxygen atoms in total. The number of rotatable bonds is 10. The van der Waals surface area contributed by atoms with Gasteiger partial charge in [-0.05, 0) is 18.5 Å². The van der Waals surface area contributed by atoms with Crippen molar-refractivity contribution in [2.24, 2.45) is 0 Å². The van der Waals surface area contributed by atoms with E-state index in [0.29, 0.717) is 26.3 Å². The van der Waals surface area contributed by atoms with Gasteiger partial charge in [-0.3, -0.25) is 4.90 Å². The topological polar surface area (TPSA) is 52.9 Å². The van der Waals surface area contributed by atoms with Crippen LogP contribution in [-0.2, 0) is 11.3 Å². The summed E-state index contributed by atoms with van der Waals surface area (Å²) >= 11 is 0. The van der Waals surface area contributed by atoms with Crippen molar-refractivity contribution in [3.05, 3.63) is 35.9 Å². The van der Waals surface area contributed by atoms with Crippen molar-refractivity contribution in [2.75, 3.05) is 32.8 Å². The fraction of sp³-hybridized carbons (Fsp3) is 0.600. The minimum atomic E-state index is -0.512. The highest BCUT2D eigenvalue weighted by Crippen LogP contribution is 2.02. The Bertz CT molecular complexity index is 312. The summed E-state index contributed by atoms with van der Waals surface area (Å²) in [5, 5.41) is 18.8. The third-order valence-corrected chi connectivity index (χ3v) is 2.85. The molecule has 0 aromatic heterocycles. The van der Waals surface area contributed by atoms with Gasteiger partial charge in [-0.15, -0.1) is 0 Å². The normalized spacial score (nSPS) is 12.8. The van der Waals surface area contributed by atoms with Gasteiger partial charge in [-0.25, -0.2) is 0 Å². The highest BCUT2D eigenvalue weighted by Gasteiger charge is 2.10. The summed E-state index contributed by atoms with van der Waals surface area (Å²) in [6.07, 6.45) is 0.499. The zero-order valence-electron chi connectivity index (χ0n) is 11.7. The molecule has 0 saturated carbocycles. The van der Waals surface area contributed by atoms with Crippen LogP contribution in [0.2, 0.25) is 0 Å². The van der Waals surface area contributed by atoms with Crippen molar-refractivity contribution in [3.63, 3.8) is 0 Å². The SMILES string of the molecule is CCCN(CCO)C[C@H](O)COCc1ccccc1. The first-order valence-corrected chi connectivity index (χ1v) is 6.89. The molecule has 0 saturated heterocycles. The highest BCUT2D eigenvalue weighted by atomic mass is 16.5. The molecule has 0 unspecified atom stereocenters. The second-order valence-corrected chi connectivity index (χ2v) is 4.68. The molecular formula is C15H25NO3. The molecule has 1 atom stereocenters. The van der Waals surface area contributed by atoms with E-state index < -0.39 is 6.10 Å². The number of aliphatic hydroxyl groups excluding tert-OH is 2. The van der Waals surface area contributed by atoms with Crippen LogP contribution >= 0.6 is 0 Å². The van der Waals surface area contributed by atoms with E-state index in [2.05, 4.69) is 11.8 Å². The Morgan fingerprint density at radius 2 is 1.95 bits per heavy atom. The smallest absolute Gasteiger partial charge is 0.0900 e. The fourth-order valence-corrected chi connectivity index (χ4v) is 1.99. The predicted molar refractivity (Wildman–Crippen MR) is 75.9 cm³/mol. The maximum atomic E-state index is 9.90. The lowest BCUT2D eigenvalue weighted by Crippen LogP contribution is -2.37. The number of benzene rings is 1. The van der Waals surface area contributed by atoms with E-state index >= 15 is 0 Å². The summed E-state index contributed by atoms with van der Waals surface area (Å²) in [5.41, 5.74) is 1.11. The van der Waals surface area contributed by atoms with Gasteiger partial charge in [-0.2, -0.15) is 0 Å². The van der Waals surface area contributed by atoms with Crippen molar-refractivity contribution >= 4 is 0 Å². The van der Waals surface area contributed by atoms with Crippen LogP contribution in [0, 0.1) is 0 Å². The van der Waals surface area contributed by atoms with Crippen LogP contribution in [0.15, 0.2) is 30.3 Å². The standard InChI is InChI=1S/C15H25NO3/c1-2-8-16(9-10-17)11-15(18)13-19-12-14-6-4-3-5-7-14/h3-7,15,17-18H,2,8-13H2,1H3/t15-/m0/s1. The van der Waals surface area contributed by atoms with E-state index in [9.17, 15) is 5.11 Å². The maximum Gasteiger partial charge on any atom is 0.0900 e. The first-order chi connectivity index (χ1) is 9.26. The van der Waals surface area contributed by atoms with Gasteiger partial charge in [0.1, 0.15) is 0 Å². The van der Waals surface area contributed by atoms with Crippen LogP contribution in [0.25, 0.3) is 0 Å². The van der Waals surface area contributed by atoms with Crippen molar-refractivity contribution in [2.45, 2.75) is 26.1 Å². The van der Waals surface area contributed by atoms with Crippen molar-refractivity contribution < 1.29 is 14.9 Å². The molecular weight excluding hydrogens is 242 g/mol. The lowest BCUT2D eigenvalue weighted by Gasteiger charge is -2.23. The van der Waals surface area contributed by atoms with Gasteiger partial charge in [-0.1, -0.05) is 37.3 Å². The maximum absolute atomic E-state index is 9.90. The number of hydrogen-bond acceptors (Lipinski definition) is 4. The van der Waals surface area contributed by atoms with Crippen LogP contribution in [0.3, 0.4) is 0 Å². The summed E-state index contributed by atoms with van der Waals surface area (Å²) in [6.45, 7) is 5.08. The quantitative estimate of drug-likeness (QED) is 0.670. The molecule has 0 aliphatic rings. The molecule has 0 aliphatic carbocycles. The molecule has 0 spiro atoms. The molecule has 0 amide bonds. The van der Waals surface area contributed by atoms with Crippen LogP contribution < -0.4 is 0 Å². The molecule has 19 heavy (non-hydrogen) atoms. The molecule has 0 heterocycles. The molecule has 1 aromatic carbocycles. The van der Waals surface area contributed by atoms with E-state index in [0.717, 1.165) is 18.5 Å². The van der Waals surface area contributed by atoms with Crippen LogP contribution in [0.4, 0.5) is 0 Å². The Kier molecular flexibility index (Phi) is 8.41. The van der Waals surface area contributed by atoms with Gasteiger partial charge >= 0.3 is 0 Å². The summed E-state index contributed by atoms with van der Waals surface area (Å²) < 4.78 is 5.50. The summed E-state index contributed by atoms with van der Waals surface area (Å²) in [7, 11) is 0. The van der Waals surface area contributed by atoms with Gasteiger partial charge in [0.05, 0.1) is 25.9 Å². The van der Waals surface area contributed by atoms with Gasteiger partial charge < -0.3 is 14.9 Å². The minimum absolute atomic E-state index is 0.123. The molecule has 0 aliphatic heterocycles. The monoisotopic (exact) mass is 267 g/mol. The molecule has 0 bridgehead atoms. The number of aliphatic hydroxyl groups is 2. The lowest BCUT2D eigenvalue weighted by molar-refractivity contribution is 0.00767. The third kappa shape index (κ3) is 7.28. The number of hydrogen-bond donors (Lipinski definition) is 2. The van der Waals surface area contributed by atoms with Crippen molar-refractivity contribution in [1.82, 2.24) is 4.90 Å². The van der Waals surface area contributed by atoms with Crippen molar-refractivity contribution in [3.8, 4) is 0 Å². The zero-order valence-corrected chi connectivity index (χ0v) is 11.7. The van der Waals surface area contributed by atoms with Crippen LogP contribution in [0.1, 0.15) is 18.9 Å². The van der Waals surface area contributed by atoms with E-state index in [-0.39, 0.29) is 6.61 Å². The summed E-state index contributed by atoms with van der Waals surface area (Å²) in [6, 6.07) is 9.91. The van der Waals surface area contributed by atoms with Gasteiger partial charge in [0.25, 0.3) is 0 Å². The van der Waals surface area contributed by atoms with Gasteiger partial charge in [0.2, 0.25) is 0 Å². The zero-order chi connectivity index (χ0) is 13.9.